The maximum Gasteiger partial charge on any atom is 0.230 e. The lowest BCUT2D eigenvalue weighted by Gasteiger charge is -2.12. The van der Waals surface area contributed by atoms with Crippen LogP contribution < -0.4 is 15.1 Å². The highest BCUT2D eigenvalue weighted by Gasteiger charge is 2.12. The molecule has 0 spiro atoms. The fourth-order valence-corrected chi connectivity index (χ4v) is 5.76. The summed E-state index contributed by atoms with van der Waals surface area (Å²) >= 11 is 2.93. The molecule has 0 bridgehead atoms. The molecule has 4 rings (SSSR count). The molecule has 0 atom stereocenters. The predicted molar refractivity (Wildman–Crippen MR) is 163 cm³/mol. The Hall–Kier alpha value is -3.70. The Morgan fingerprint density at radius 2 is 1.15 bits per heavy atom. The Morgan fingerprint density at radius 3 is 1.73 bits per heavy atom. The molecule has 0 aliphatic heterocycles. The van der Waals surface area contributed by atoms with Crippen LogP contribution in [0.2, 0.25) is 0 Å². The van der Waals surface area contributed by atoms with Crippen LogP contribution in [-0.4, -0.2) is 60.3 Å². The highest BCUT2D eigenvalue weighted by Crippen LogP contribution is 2.20. The summed E-state index contributed by atoms with van der Waals surface area (Å²) in [6, 6.07) is 16.0. The van der Waals surface area contributed by atoms with Gasteiger partial charge in [0.1, 0.15) is 20.8 Å². The minimum atomic E-state index is -0.104. The van der Waals surface area contributed by atoms with Crippen LogP contribution in [-0.2, 0) is 41.7 Å². The maximum atomic E-state index is 12.5. The van der Waals surface area contributed by atoms with E-state index in [-0.39, 0.29) is 11.7 Å². The summed E-state index contributed by atoms with van der Waals surface area (Å²) in [7, 11) is 7.96. The van der Waals surface area contributed by atoms with Crippen molar-refractivity contribution in [2.75, 3.05) is 43.3 Å². The molecule has 210 valence electrons. The van der Waals surface area contributed by atoms with E-state index in [4.69, 9.17) is 0 Å². The first-order valence-electron chi connectivity index (χ1n) is 13.2. The molecule has 4 aromatic rings. The fraction of sp³-hybridized carbons (Fsp3) is 0.379. The van der Waals surface area contributed by atoms with E-state index in [1.165, 1.54) is 22.7 Å². The van der Waals surface area contributed by atoms with Crippen LogP contribution >= 0.6 is 22.7 Å². The Kier molecular flexibility index (Phi) is 10.3. The van der Waals surface area contributed by atoms with E-state index < -0.39 is 0 Å². The van der Waals surface area contributed by atoms with E-state index in [1.807, 2.05) is 86.5 Å². The second-order valence-electron chi connectivity index (χ2n) is 10.0. The van der Waals surface area contributed by atoms with Gasteiger partial charge in [-0.2, -0.15) is 0 Å². The standard InChI is InChI=1S/C29H35N7O2S2/c1-35(2)22-13-9-20(10-14-22)17-24(37)19-28-33-31-26(39-28)7-5-6-8-27-32-34-29(40-27)30-25(38)18-21-11-15-23(16-12-21)36(3)4/h9-16H,5-8,17-19H2,1-4H3,(H,30,34,38). The fourth-order valence-electron chi connectivity index (χ4n) is 4.05. The average molecular weight is 578 g/mol. The van der Waals surface area contributed by atoms with E-state index in [0.29, 0.717) is 24.4 Å². The number of benzene rings is 2. The van der Waals surface area contributed by atoms with Gasteiger partial charge in [0.25, 0.3) is 0 Å². The third kappa shape index (κ3) is 8.92. The number of anilines is 3. The molecule has 0 radical (unpaired) electrons. The van der Waals surface area contributed by atoms with Gasteiger partial charge in [-0.15, -0.1) is 31.7 Å². The monoisotopic (exact) mass is 577 g/mol. The minimum absolute atomic E-state index is 0.104. The van der Waals surface area contributed by atoms with Gasteiger partial charge in [-0.05, 0) is 48.2 Å². The second kappa shape index (κ2) is 14.1. The summed E-state index contributed by atoms with van der Waals surface area (Å²) < 4.78 is 0. The molecule has 0 saturated heterocycles. The predicted octanol–water partition coefficient (Wildman–Crippen LogP) is 4.62. The molecule has 0 aliphatic rings. The Labute approximate surface area is 243 Å². The van der Waals surface area contributed by atoms with Gasteiger partial charge in [0, 0.05) is 58.8 Å². The summed E-state index contributed by atoms with van der Waals surface area (Å²) in [6.45, 7) is 0. The summed E-state index contributed by atoms with van der Waals surface area (Å²) in [5.74, 6) is 0.0368. The van der Waals surface area contributed by atoms with Crippen LogP contribution in [0.5, 0.6) is 0 Å². The van der Waals surface area contributed by atoms with Crippen molar-refractivity contribution in [3.63, 3.8) is 0 Å². The number of aryl methyl sites for hydroxylation is 2. The first-order chi connectivity index (χ1) is 19.2. The number of rotatable bonds is 14. The molecule has 1 N–H and O–H groups in total. The van der Waals surface area contributed by atoms with Gasteiger partial charge >= 0.3 is 0 Å². The zero-order valence-corrected chi connectivity index (χ0v) is 25.0. The maximum absolute atomic E-state index is 12.5. The molecule has 1 amide bonds. The molecular formula is C29H35N7O2S2. The topological polar surface area (TPSA) is 104 Å². The van der Waals surface area contributed by atoms with Crippen molar-refractivity contribution in [2.24, 2.45) is 0 Å². The van der Waals surface area contributed by atoms with Gasteiger partial charge in [-0.3, -0.25) is 9.59 Å². The number of ketones is 1. The Balaban J connectivity index is 1.14. The van der Waals surface area contributed by atoms with Crippen molar-refractivity contribution in [3.05, 3.63) is 74.7 Å². The van der Waals surface area contributed by atoms with Gasteiger partial charge < -0.3 is 15.1 Å². The van der Waals surface area contributed by atoms with Crippen molar-refractivity contribution in [1.29, 1.82) is 0 Å². The molecule has 11 heteroatoms. The van der Waals surface area contributed by atoms with Gasteiger partial charge in [-0.25, -0.2) is 0 Å². The number of hydrogen-bond acceptors (Lipinski definition) is 10. The summed E-state index contributed by atoms with van der Waals surface area (Å²) in [5, 5.41) is 22.8. The van der Waals surface area contributed by atoms with Gasteiger partial charge in [0.2, 0.25) is 11.0 Å². The van der Waals surface area contributed by atoms with E-state index in [2.05, 4.69) is 25.7 Å². The quantitative estimate of drug-likeness (QED) is 0.217. The van der Waals surface area contributed by atoms with Crippen LogP contribution in [0.3, 0.4) is 0 Å². The summed E-state index contributed by atoms with van der Waals surface area (Å²) in [5.41, 5.74) is 4.17. The molecule has 0 unspecified atom stereocenters. The highest BCUT2D eigenvalue weighted by molar-refractivity contribution is 7.15. The van der Waals surface area contributed by atoms with E-state index in [1.54, 1.807) is 0 Å². The average Bonchev–Trinajstić information content (AvgIpc) is 3.56. The number of amides is 1. The van der Waals surface area contributed by atoms with Gasteiger partial charge in [-0.1, -0.05) is 35.6 Å². The van der Waals surface area contributed by atoms with Crippen LogP contribution in [0.1, 0.15) is 39.0 Å². The first kappa shape index (κ1) is 29.3. The molecule has 9 nitrogen and oxygen atoms in total. The van der Waals surface area contributed by atoms with Gasteiger partial charge in [0.15, 0.2) is 0 Å². The van der Waals surface area contributed by atoms with Crippen molar-refractivity contribution >= 4 is 50.9 Å². The van der Waals surface area contributed by atoms with Crippen molar-refractivity contribution < 1.29 is 9.59 Å². The minimum Gasteiger partial charge on any atom is -0.378 e. The van der Waals surface area contributed by atoms with Crippen molar-refractivity contribution in [3.8, 4) is 0 Å². The summed E-state index contributed by atoms with van der Waals surface area (Å²) in [4.78, 5) is 29.0. The van der Waals surface area contributed by atoms with Crippen molar-refractivity contribution in [1.82, 2.24) is 20.4 Å². The molecule has 0 saturated carbocycles. The molecule has 2 heterocycles. The highest BCUT2D eigenvalue weighted by atomic mass is 32.1. The number of Topliss-reactive ketones (excluding diaryl/α,β-unsaturated/α-hetero) is 1. The number of unbranched alkanes of at least 4 members (excludes halogenated alkanes) is 1. The van der Waals surface area contributed by atoms with Crippen LogP contribution in [0.15, 0.2) is 48.5 Å². The largest absolute Gasteiger partial charge is 0.378 e. The molecule has 40 heavy (non-hydrogen) atoms. The number of carbonyl (C=O) groups is 2. The van der Waals surface area contributed by atoms with Crippen molar-refractivity contribution in [2.45, 2.75) is 44.9 Å². The van der Waals surface area contributed by atoms with Crippen LogP contribution in [0, 0.1) is 0 Å². The van der Waals surface area contributed by atoms with Crippen LogP contribution in [0.4, 0.5) is 16.5 Å². The molecular weight excluding hydrogens is 543 g/mol. The number of aromatic nitrogens is 4. The van der Waals surface area contributed by atoms with Crippen LogP contribution in [0.25, 0.3) is 0 Å². The first-order valence-corrected chi connectivity index (χ1v) is 14.9. The SMILES string of the molecule is CN(C)c1ccc(CC(=O)Cc2nnc(CCCCc3nnc(NC(=O)Cc4ccc(N(C)C)cc4)s3)s2)cc1. The summed E-state index contributed by atoms with van der Waals surface area (Å²) in [6.07, 6.45) is 4.47. The third-order valence-electron chi connectivity index (χ3n) is 6.27. The Bertz CT molecular complexity index is 1290. The zero-order valence-electron chi connectivity index (χ0n) is 23.4. The number of carbonyl (C=O) groups excluding carboxylic acids is 2. The normalized spacial score (nSPS) is 10.9. The molecule has 0 fully saturated rings. The van der Waals surface area contributed by atoms with E-state index in [0.717, 1.165) is 63.2 Å². The molecule has 2 aromatic carbocycles. The van der Waals surface area contributed by atoms with Gasteiger partial charge in [0.05, 0.1) is 12.8 Å². The molecule has 0 aliphatic carbocycles. The zero-order chi connectivity index (χ0) is 28.5. The smallest absolute Gasteiger partial charge is 0.230 e. The third-order valence-corrected chi connectivity index (χ3v) is 8.15. The number of hydrogen-bond donors (Lipinski definition) is 1. The van der Waals surface area contributed by atoms with E-state index in [9.17, 15) is 9.59 Å². The lowest BCUT2D eigenvalue weighted by atomic mass is 10.1. The lowest BCUT2D eigenvalue weighted by molar-refractivity contribution is -0.118. The number of nitrogens with one attached hydrogen (secondary N) is 1. The lowest BCUT2D eigenvalue weighted by Crippen LogP contribution is -2.14. The number of nitrogens with zero attached hydrogens (tertiary/aromatic N) is 6. The molecule has 2 aromatic heterocycles. The second-order valence-corrected chi connectivity index (χ2v) is 12.2. The van der Waals surface area contributed by atoms with E-state index >= 15 is 0 Å². The Morgan fingerprint density at radius 1 is 0.650 bits per heavy atom.